The molecule has 0 bridgehead atoms. The van der Waals surface area contributed by atoms with E-state index in [1.807, 2.05) is 10.9 Å². The van der Waals surface area contributed by atoms with Crippen molar-refractivity contribution in [1.82, 2.24) is 14.7 Å². The van der Waals surface area contributed by atoms with Crippen LogP contribution in [0.5, 0.6) is 0 Å². The van der Waals surface area contributed by atoms with E-state index in [1.165, 1.54) is 23.4 Å². The quantitative estimate of drug-likeness (QED) is 0.907. The lowest BCUT2D eigenvalue weighted by atomic mass is 10.0. The Balaban J connectivity index is 1.61. The highest BCUT2D eigenvalue weighted by Gasteiger charge is 2.21. The summed E-state index contributed by atoms with van der Waals surface area (Å²) in [5.41, 5.74) is 3.11. The highest BCUT2D eigenvalue weighted by Crippen LogP contribution is 2.20. The van der Waals surface area contributed by atoms with Gasteiger partial charge in [0.2, 0.25) is 0 Å². The first kappa shape index (κ1) is 16.9. The van der Waals surface area contributed by atoms with Crippen LogP contribution in [0.15, 0.2) is 24.4 Å². The molecule has 6 heteroatoms. The number of piperidine rings is 1. The zero-order valence-electron chi connectivity index (χ0n) is 14.2. The molecule has 1 saturated heterocycles. The van der Waals surface area contributed by atoms with Crippen molar-refractivity contribution < 1.29 is 8.78 Å². The number of nitrogens with one attached hydrogen (secondary N) is 1. The normalized spacial score (nSPS) is 18.8. The first-order valence-corrected chi connectivity index (χ1v) is 8.52. The first-order valence-electron chi connectivity index (χ1n) is 8.52. The molecule has 0 amide bonds. The van der Waals surface area contributed by atoms with Gasteiger partial charge in [-0.15, -0.1) is 0 Å². The summed E-state index contributed by atoms with van der Waals surface area (Å²) in [5.74, 6) is -1.62. The molecule has 1 N–H and O–H groups in total. The SMILES string of the molecule is CCn1ncc(CN2CCC[C@H](Nc3ccc(F)c(F)c3)C2)c1C. The van der Waals surface area contributed by atoms with E-state index in [9.17, 15) is 8.78 Å². The topological polar surface area (TPSA) is 33.1 Å². The van der Waals surface area contributed by atoms with Crippen LogP contribution in [-0.2, 0) is 13.1 Å². The number of hydrogen-bond donors (Lipinski definition) is 1. The van der Waals surface area contributed by atoms with Gasteiger partial charge in [0.1, 0.15) is 0 Å². The van der Waals surface area contributed by atoms with Crippen LogP contribution in [0.3, 0.4) is 0 Å². The minimum atomic E-state index is -0.811. The summed E-state index contributed by atoms with van der Waals surface area (Å²) >= 11 is 0. The zero-order chi connectivity index (χ0) is 17.1. The molecule has 1 aromatic carbocycles. The summed E-state index contributed by atoms with van der Waals surface area (Å²) in [6, 6.07) is 4.22. The van der Waals surface area contributed by atoms with Crippen LogP contribution in [0.2, 0.25) is 0 Å². The average Bonchev–Trinajstić information content (AvgIpc) is 2.91. The van der Waals surface area contributed by atoms with E-state index in [0.717, 1.165) is 39.0 Å². The number of halogens is 2. The third-order valence-electron chi connectivity index (χ3n) is 4.69. The Morgan fingerprint density at radius 1 is 1.29 bits per heavy atom. The van der Waals surface area contributed by atoms with Gasteiger partial charge in [-0.2, -0.15) is 5.10 Å². The second kappa shape index (κ2) is 7.30. The van der Waals surface area contributed by atoms with Crippen molar-refractivity contribution >= 4 is 5.69 Å². The molecule has 4 nitrogen and oxygen atoms in total. The Bertz CT molecular complexity index is 698. The predicted octanol–water partition coefficient (Wildman–Crippen LogP) is 3.57. The van der Waals surface area contributed by atoms with Gasteiger partial charge in [-0.25, -0.2) is 8.78 Å². The lowest BCUT2D eigenvalue weighted by Crippen LogP contribution is -2.41. The van der Waals surface area contributed by atoms with Gasteiger partial charge in [-0.3, -0.25) is 9.58 Å². The molecule has 0 aliphatic carbocycles. The van der Waals surface area contributed by atoms with Gasteiger partial charge in [0.25, 0.3) is 0 Å². The molecule has 2 aromatic rings. The average molecular weight is 334 g/mol. The predicted molar refractivity (Wildman–Crippen MR) is 90.9 cm³/mol. The molecule has 1 aliphatic heterocycles. The summed E-state index contributed by atoms with van der Waals surface area (Å²) in [7, 11) is 0. The highest BCUT2D eigenvalue weighted by atomic mass is 19.2. The van der Waals surface area contributed by atoms with E-state index in [2.05, 4.69) is 29.2 Å². The van der Waals surface area contributed by atoms with Crippen LogP contribution in [0.1, 0.15) is 31.0 Å². The molecular weight excluding hydrogens is 310 g/mol. The van der Waals surface area contributed by atoms with Gasteiger partial charge in [-0.05, 0) is 45.4 Å². The molecular formula is C18H24F2N4. The van der Waals surface area contributed by atoms with E-state index in [4.69, 9.17) is 0 Å². The van der Waals surface area contributed by atoms with Crippen LogP contribution in [0.25, 0.3) is 0 Å². The highest BCUT2D eigenvalue weighted by molar-refractivity contribution is 5.44. The lowest BCUT2D eigenvalue weighted by Gasteiger charge is -2.33. The Morgan fingerprint density at radius 2 is 2.12 bits per heavy atom. The number of benzene rings is 1. The maximum atomic E-state index is 13.3. The zero-order valence-corrected chi connectivity index (χ0v) is 14.2. The lowest BCUT2D eigenvalue weighted by molar-refractivity contribution is 0.208. The van der Waals surface area contributed by atoms with E-state index in [0.29, 0.717) is 5.69 Å². The second-order valence-corrected chi connectivity index (χ2v) is 6.42. The fourth-order valence-electron chi connectivity index (χ4n) is 3.34. The van der Waals surface area contributed by atoms with E-state index in [-0.39, 0.29) is 6.04 Å². The van der Waals surface area contributed by atoms with Crippen molar-refractivity contribution in [2.75, 3.05) is 18.4 Å². The van der Waals surface area contributed by atoms with E-state index in [1.54, 1.807) is 6.07 Å². The second-order valence-electron chi connectivity index (χ2n) is 6.42. The standard InChI is InChI=1S/C18H24F2N4/c1-3-24-13(2)14(10-21-24)11-23-8-4-5-16(12-23)22-15-6-7-17(19)18(20)9-15/h6-7,9-10,16,22H,3-5,8,11-12H2,1-2H3/t16-/m0/s1. The number of anilines is 1. The largest absolute Gasteiger partial charge is 0.381 e. The monoisotopic (exact) mass is 334 g/mol. The van der Waals surface area contributed by atoms with Crippen molar-refractivity contribution in [2.45, 2.75) is 45.8 Å². The maximum absolute atomic E-state index is 13.3. The number of aryl methyl sites for hydroxylation is 1. The third kappa shape index (κ3) is 3.75. The van der Waals surface area contributed by atoms with Crippen molar-refractivity contribution in [3.63, 3.8) is 0 Å². The molecule has 130 valence electrons. The molecule has 1 aromatic heterocycles. The Kier molecular flexibility index (Phi) is 5.14. The van der Waals surface area contributed by atoms with Gasteiger partial charge < -0.3 is 5.32 Å². The summed E-state index contributed by atoms with van der Waals surface area (Å²) in [4.78, 5) is 2.39. The summed E-state index contributed by atoms with van der Waals surface area (Å²) in [5, 5.41) is 7.73. The molecule has 1 fully saturated rings. The molecule has 0 radical (unpaired) electrons. The molecule has 2 heterocycles. The Labute approximate surface area is 141 Å². The first-order chi connectivity index (χ1) is 11.6. The molecule has 24 heavy (non-hydrogen) atoms. The van der Waals surface area contributed by atoms with Crippen molar-refractivity contribution in [3.8, 4) is 0 Å². The minimum absolute atomic E-state index is 0.241. The summed E-state index contributed by atoms with van der Waals surface area (Å²) in [6.45, 7) is 7.88. The number of likely N-dealkylation sites (tertiary alicyclic amines) is 1. The Hall–Kier alpha value is -1.95. The van der Waals surface area contributed by atoms with Crippen molar-refractivity contribution in [2.24, 2.45) is 0 Å². The smallest absolute Gasteiger partial charge is 0.160 e. The van der Waals surface area contributed by atoms with Crippen molar-refractivity contribution in [1.29, 1.82) is 0 Å². The summed E-state index contributed by atoms with van der Waals surface area (Å²) < 4.78 is 28.4. The van der Waals surface area contributed by atoms with Gasteiger partial charge in [0.15, 0.2) is 11.6 Å². The fraction of sp³-hybridized carbons (Fsp3) is 0.500. The molecule has 0 saturated carbocycles. The van der Waals surface area contributed by atoms with Crippen LogP contribution in [-0.4, -0.2) is 33.8 Å². The Morgan fingerprint density at radius 3 is 2.83 bits per heavy atom. The van der Waals surface area contributed by atoms with Crippen LogP contribution < -0.4 is 5.32 Å². The maximum Gasteiger partial charge on any atom is 0.160 e. The number of aromatic nitrogens is 2. The number of nitrogens with zero attached hydrogens (tertiary/aromatic N) is 3. The van der Waals surface area contributed by atoms with Gasteiger partial charge >= 0.3 is 0 Å². The number of rotatable bonds is 5. The molecule has 3 rings (SSSR count). The molecule has 0 spiro atoms. The van der Waals surface area contributed by atoms with Gasteiger partial charge in [0.05, 0.1) is 6.20 Å². The third-order valence-corrected chi connectivity index (χ3v) is 4.69. The molecule has 1 aliphatic rings. The number of hydrogen-bond acceptors (Lipinski definition) is 3. The minimum Gasteiger partial charge on any atom is -0.381 e. The molecule has 0 unspecified atom stereocenters. The van der Waals surface area contributed by atoms with Crippen LogP contribution >= 0.6 is 0 Å². The van der Waals surface area contributed by atoms with E-state index < -0.39 is 11.6 Å². The summed E-state index contributed by atoms with van der Waals surface area (Å²) in [6.07, 6.45) is 4.07. The van der Waals surface area contributed by atoms with Gasteiger partial charge in [-0.1, -0.05) is 0 Å². The van der Waals surface area contributed by atoms with Crippen LogP contribution in [0, 0.1) is 18.6 Å². The van der Waals surface area contributed by atoms with Gasteiger partial charge in [0, 0.05) is 48.7 Å². The van der Waals surface area contributed by atoms with E-state index >= 15 is 0 Å². The molecule has 1 atom stereocenters. The fourth-order valence-corrected chi connectivity index (χ4v) is 3.34. The van der Waals surface area contributed by atoms with Crippen LogP contribution in [0.4, 0.5) is 14.5 Å². The van der Waals surface area contributed by atoms with Crippen molar-refractivity contribution in [3.05, 3.63) is 47.3 Å².